The maximum absolute atomic E-state index is 12.4. The number of nitrogens with two attached hydrogens (primary N) is 1. The lowest BCUT2D eigenvalue weighted by Crippen LogP contribution is -2.42. The van der Waals surface area contributed by atoms with Crippen molar-refractivity contribution in [3.63, 3.8) is 0 Å². The fourth-order valence-corrected chi connectivity index (χ4v) is 2.71. The van der Waals surface area contributed by atoms with E-state index in [0.29, 0.717) is 17.5 Å². The van der Waals surface area contributed by atoms with E-state index in [1.54, 1.807) is 6.07 Å². The van der Waals surface area contributed by atoms with Gasteiger partial charge in [-0.1, -0.05) is 11.6 Å². The average Bonchev–Trinajstić information content (AvgIpc) is 2.38. The van der Waals surface area contributed by atoms with Gasteiger partial charge in [-0.15, -0.1) is 12.4 Å². The Labute approximate surface area is 125 Å². The molecule has 1 amide bonds. The van der Waals surface area contributed by atoms with Gasteiger partial charge in [0.2, 0.25) is 0 Å². The molecule has 0 saturated carbocycles. The van der Waals surface area contributed by atoms with Crippen molar-refractivity contribution >= 4 is 29.9 Å². The molecular weight excluding hydrogens is 283 g/mol. The summed E-state index contributed by atoms with van der Waals surface area (Å²) in [5, 5.41) is 0.669. The van der Waals surface area contributed by atoms with Crippen LogP contribution in [-0.4, -0.2) is 30.4 Å². The maximum Gasteiger partial charge on any atom is 0.254 e. The van der Waals surface area contributed by atoms with Gasteiger partial charge in [0.25, 0.3) is 5.91 Å². The minimum absolute atomic E-state index is 0. The molecule has 1 aliphatic rings. The summed E-state index contributed by atoms with van der Waals surface area (Å²) in [7, 11) is 0. The predicted octanol–water partition coefficient (Wildman–Crippen LogP) is 2.88. The molecule has 0 spiro atoms. The van der Waals surface area contributed by atoms with Crippen molar-refractivity contribution in [1.29, 1.82) is 0 Å². The Bertz CT molecular complexity index is 451. The number of rotatable bonds is 2. The highest BCUT2D eigenvalue weighted by Gasteiger charge is 2.24. The number of amides is 1. The van der Waals surface area contributed by atoms with Crippen LogP contribution in [0.3, 0.4) is 0 Å². The molecule has 2 rings (SSSR count). The van der Waals surface area contributed by atoms with Gasteiger partial charge in [0.1, 0.15) is 0 Å². The number of halogens is 2. The molecule has 1 heterocycles. The van der Waals surface area contributed by atoms with Gasteiger partial charge >= 0.3 is 0 Å². The van der Waals surface area contributed by atoms with Crippen LogP contribution in [0.4, 0.5) is 0 Å². The van der Waals surface area contributed by atoms with Crippen molar-refractivity contribution in [3.8, 4) is 0 Å². The molecule has 0 bridgehead atoms. The Kier molecular flexibility index (Phi) is 6.11. The van der Waals surface area contributed by atoms with Gasteiger partial charge in [-0.3, -0.25) is 4.79 Å². The highest BCUT2D eigenvalue weighted by molar-refractivity contribution is 6.30. The Morgan fingerprint density at radius 3 is 2.89 bits per heavy atom. The van der Waals surface area contributed by atoms with Gasteiger partial charge < -0.3 is 10.6 Å². The molecule has 1 saturated heterocycles. The summed E-state index contributed by atoms with van der Waals surface area (Å²) in [5.74, 6) is 0.539. The van der Waals surface area contributed by atoms with E-state index in [4.69, 9.17) is 17.3 Å². The first-order chi connectivity index (χ1) is 8.61. The van der Waals surface area contributed by atoms with Crippen LogP contribution in [-0.2, 0) is 0 Å². The van der Waals surface area contributed by atoms with Crippen LogP contribution in [0.5, 0.6) is 0 Å². The molecular formula is C14H20Cl2N2O. The van der Waals surface area contributed by atoms with Crippen LogP contribution in [0.1, 0.15) is 28.8 Å². The van der Waals surface area contributed by atoms with Crippen LogP contribution < -0.4 is 5.73 Å². The van der Waals surface area contributed by atoms with Crippen LogP contribution >= 0.6 is 24.0 Å². The molecule has 0 aliphatic carbocycles. The second-order valence-electron chi connectivity index (χ2n) is 4.95. The largest absolute Gasteiger partial charge is 0.338 e. The maximum atomic E-state index is 12.4. The summed E-state index contributed by atoms with van der Waals surface area (Å²) in [6.45, 7) is 4.18. The monoisotopic (exact) mass is 302 g/mol. The van der Waals surface area contributed by atoms with E-state index in [-0.39, 0.29) is 18.3 Å². The fraction of sp³-hybridized carbons (Fsp3) is 0.500. The summed E-state index contributed by atoms with van der Waals surface area (Å²) in [4.78, 5) is 14.3. The zero-order valence-corrected chi connectivity index (χ0v) is 12.6. The van der Waals surface area contributed by atoms with E-state index < -0.39 is 0 Å². The first kappa shape index (κ1) is 16.3. The molecule has 1 aromatic rings. The number of piperidine rings is 1. The van der Waals surface area contributed by atoms with Crippen LogP contribution in [0, 0.1) is 12.8 Å². The number of hydrogen-bond donors (Lipinski definition) is 1. The Morgan fingerprint density at radius 2 is 2.26 bits per heavy atom. The van der Waals surface area contributed by atoms with Gasteiger partial charge in [0, 0.05) is 23.7 Å². The molecule has 5 heteroatoms. The highest BCUT2D eigenvalue weighted by atomic mass is 35.5. The van der Waals surface area contributed by atoms with Gasteiger partial charge in [-0.05, 0) is 56.0 Å². The molecule has 1 aliphatic heterocycles. The van der Waals surface area contributed by atoms with E-state index >= 15 is 0 Å². The van der Waals surface area contributed by atoms with Crippen molar-refractivity contribution in [1.82, 2.24) is 4.90 Å². The summed E-state index contributed by atoms with van der Waals surface area (Å²) >= 11 is 5.91. The molecule has 106 valence electrons. The molecule has 1 fully saturated rings. The Morgan fingerprint density at radius 1 is 1.53 bits per heavy atom. The predicted molar refractivity (Wildman–Crippen MR) is 81.1 cm³/mol. The normalized spacial score (nSPS) is 18.9. The number of likely N-dealkylation sites (tertiary alicyclic amines) is 1. The quantitative estimate of drug-likeness (QED) is 0.913. The zero-order valence-electron chi connectivity index (χ0n) is 11.1. The van der Waals surface area contributed by atoms with Crippen molar-refractivity contribution in [3.05, 3.63) is 34.3 Å². The Balaban J connectivity index is 0.00000180. The molecule has 1 aromatic carbocycles. The molecule has 0 aromatic heterocycles. The summed E-state index contributed by atoms with van der Waals surface area (Å²) in [6, 6.07) is 5.41. The lowest BCUT2D eigenvalue weighted by Gasteiger charge is -2.32. The van der Waals surface area contributed by atoms with Gasteiger partial charge in [0.15, 0.2) is 0 Å². The number of hydrogen-bond acceptors (Lipinski definition) is 2. The van der Waals surface area contributed by atoms with E-state index in [9.17, 15) is 4.79 Å². The number of carbonyl (C=O) groups is 1. The first-order valence-corrected chi connectivity index (χ1v) is 6.75. The van der Waals surface area contributed by atoms with Gasteiger partial charge in [0.05, 0.1) is 0 Å². The van der Waals surface area contributed by atoms with Crippen molar-refractivity contribution in [2.45, 2.75) is 19.8 Å². The second-order valence-corrected chi connectivity index (χ2v) is 5.39. The lowest BCUT2D eigenvalue weighted by molar-refractivity contribution is 0.0677. The third-order valence-electron chi connectivity index (χ3n) is 3.56. The van der Waals surface area contributed by atoms with Gasteiger partial charge in [-0.2, -0.15) is 0 Å². The van der Waals surface area contributed by atoms with Gasteiger partial charge in [-0.25, -0.2) is 0 Å². The third kappa shape index (κ3) is 3.85. The highest BCUT2D eigenvalue weighted by Crippen LogP contribution is 2.21. The molecule has 1 unspecified atom stereocenters. The molecule has 1 atom stereocenters. The van der Waals surface area contributed by atoms with Crippen molar-refractivity contribution in [2.24, 2.45) is 11.7 Å². The van der Waals surface area contributed by atoms with E-state index in [2.05, 4.69) is 0 Å². The summed E-state index contributed by atoms with van der Waals surface area (Å²) < 4.78 is 0. The number of aryl methyl sites for hydroxylation is 1. The molecule has 0 radical (unpaired) electrons. The summed E-state index contributed by atoms with van der Waals surface area (Å²) in [5.41, 5.74) is 7.38. The topological polar surface area (TPSA) is 46.3 Å². The first-order valence-electron chi connectivity index (χ1n) is 6.37. The van der Waals surface area contributed by atoms with E-state index in [1.165, 1.54) is 0 Å². The number of carbonyl (C=O) groups excluding carboxylic acids is 1. The lowest BCUT2D eigenvalue weighted by atomic mass is 9.97. The fourth-order valence-electron chi connectivity index (χ4n) is 2.48. The third-order valence-corrected chi connectivity index (χ3v) is 3.79. The number of benzene rings is 1. The van der Waals surface area contributed by atoms with Crippen LogP contribution in [0.2, 0.25) is 5.02 Å². The minimum Gasteiger partial charge on any atom is -0.338 e. The smallest absolute Gasteiger partial charge is 0.254 e. The van der Waals surface area contributed by atoms with Crippen molar-refractivity contribution < 1.29 is 4.79 Å². The summed E-state index contributed by atoms with van der Waals surface area (Å²) in [6.07, 6.45) is 2.17. The second kappa shape index (κ2) is 7.13. The standard InChI is InChI=1S/C14H19ClN2O.ClH/c1-10-7-12(15)4-5-13(10)14(18)17-6-2-3-11(8-16)9-17;/h4-5,7,11H,2-3,6,8-9,16H2,1H3;1H. The van der Waals surface area contributed by atoms with Crippen LogP contribution in [0.15, 0.2) is 18.2 Å². The SMILES string of the molecule is Cc1cc(Cl)ccc1C(=O)N1CCCC(CN)C1.Cl. The average molecular weight is 303 g/mol. The van der Waals surface area contributed by atoms with Crippen molar-refractivity contribution in [2.75, 3.05) is 19.6 Å². The zero-order chi connectivity index (χ0) is 13.1. The van der Waals surface area contributed by atoms with E-state index in [1.807, 2.05) is 24.0 Å². The number of nitrogens with zero attached hydrogens (tertiary/aromatic N) is 1. The Hall–Kier alpha value is -0.770. The molecule has 3 nitrogen and oxygen atoms in total. The molecule has 2 N–H and O–H groups in total. The van der Waals surface area contributed by atoms with E-state index in [0.717, 1.165) is 37.1 Å². The van der Waals surface area contributed by atoms with Crippen LogP contribution in [0.25, 0.3) is 0 Å². The molecule has 19 heavy (non-hydrogen) atoms. The minimum atomic E-state index is 0.